The zero-order chi connectivity index (χ0) is 21.7. The summed E-state index contributed by atoms with van der Waals surface area (Å²) in [6.45, 7) is 1.09. The maximum atomic E-state index is 14.2. The van der Waals surface area contributed by atoms with Crippen molar-refractivity contribution in [3.63, 3.8) is 0 Å². The first kappa shape index (κ1) is 21.5. The number of ether oxygens (including phenoxy) is 2. The molecule has 1 aliphatic rings. The average Bonchev–Trinajstić information content (AvgIpc) is 2.77. The molecule has 0 atom stereocenters. The second-order valence-corrected chi connectivity index (χ2v) is 7.42. The fourth-order valence-corrected chi connectivity index (χ4v) is 3.77. The summed E-state index contributed by atoms with van der Waals surface area (Å²) < 4.78 is 24.8. The van der Waals surface area contributed by atoms with Gasteiger partial charge in [-0.25, -0.2) is 4.39 Å². The third-order valence-corrected chi connectivity index (χ3v) is 5.55. The van der Waals surface area contributed by atoms with E-state index in [1.54, 1.807) is 19.1 Å². The van der Waals surface area contributed by atoms with Gasteiger partial charge in [-0.15, -0.1) is 0 Å². The topological polar surface area (TPSA) is 81.9 Å². The van der Waals surface area contributed by atoms with Crippen molar-refractivity contribution in [2.24, 2.45) is 5.92 Å². The molecule has 0 N–H and O–H groups in total. The molecule has 8 heteroatoms. The molecule has 0 unspecified atom stereocenters. The molecule has 0 radical (unpaired) electrons. The van der Waals surface area contributed by atoms with Crippen molar-refractivity contribution in [3.05, 3.63) is 63.5 Å². The molecule has 3 rings (SSSR count). The molecule has 1 aliphatic heterocycles. The number of rotatable bonds is 7. The van der Waals surface area contributed by atoms with E-state index in [-0.39, 0.29) is 11.3 Å². The van der Waals surface area contributed by atoms with Gasteiger partial charge in [0.2, 0.25) is 0 Å². The summed E-state index contributed by atoms with van der Waals surface area (Å²) in [4.78, 5) is 24.3. The molecule has 2 aromatic rings. The van der Waals surface area contributed by atoms with Gasteiger partial charge in [0, 0.05) is 25.2 Å². The number of carbonyl (C=O) groups excluding carboxylic acids is 1. The molecule has 160 valence electrons. The SMILES string of the molecule is COc1cc(CCC2CCN(C(=O)c3ccc([N+](=O)[O-])cc3F)CC2)cc(OC)c1. The highest BCUT2D eigenvalue weighted by molar-refractivity contribution is 5.94. The fraction of sp³-hybridized carbons (Fsp3) is 0.409. The molecule has 1 saturated heterocycles. The standard InChI is InChI=1S/C22H25FN2O5/c1-29-18-11-16(12-19(14-18)30-2)4-3-15-7-9-24(10-8-15)22(26)20-6-5-17(25(27)28)13-21(20)23/h5-6,11-15H,3-4,7-10H2,1-2H3. The summed E-state index contributed by atoms with van der Waals surface area (Å²) in [6.07, 6.45) is 3.52. The Balaban J connectivity index is 1.55. The summed E-state index contributed by atoms with van der Waals surface area (Å²) in [5.41, 5.74) is 0.650. The lowest BCUT2D eigenvalue weighted by Gasteiger charge is -2.32. The number of hydrogen-bond donors (Lipinski definition) is 0. The lowest BCUT2D eigenvalue weighted by atomic mass is 9.90. The van der Waals surface area contributed by atoms with Crippen molar-refractivity contribution in [1.29, 1.82) is 0 Å². The molecular weight excluding hydrogens is 391 g/mol. The second kappa shape index (κ2) is 9.56. The Hall–Kier alpha value is -3.16. The zero-order valence-corrected chi connectivity index (χ0v) is 17.1. The molecule has 30 heavy (non-hydrogen) atoms. The Kier molecular flexibility index (Phi) is 6.87. The first-order valence-corrected chi connectivity index (χ1v) is 9.86. The van der Waals surface area contributed by atoms with E-state index in [0.717, 1.165) is 54.9 Å². The van der Waals surface area contributed by atoms with Gasteiger partial charge in [0.05, 0.1) is 30.8 Å². The van der Waals surface area contributed by atoms with E-state index in [1.165, 1.54) is 6.07 Å². The summed E-state index contributed by atoms with van der Waals surface area (Å²) in [5, 5.41) is 10.7. The van der Waals surface area contributed by atoms with Crippen LogP contribution in [0.1, 0.15) is 35.2 Å². The first-order valence-electron chi connectivity index (χ1n) is 9.86. The number of methoxy groups -OCH3 is 2. The number of piperidine rings is 1. The molecule has 7 nitrogen and oxygen atoms in total. The van der Waals surface area contributed by atoms with Gasteiger partial charge in [0.15, 0.2) is 0 Å². The lowest BCUT2D eigenvalue weighted by Crippen LogP contribution is -2.39. The Morgan fingerprint density at radius 2 is 1.77 bits per heavy atom. The van der Waals surface area contributed by atoms with E-state index in [0.29, 0.717) is 19.0 Å². The lowest BCUT2D eigenvalue weighted by molar-refractivity contribution is -0.385. The number of likely N-dealkylation sites (tertiary alicyclic amines) is 1. The maximum Gasteiger partial charge on any atom is 0.272 e. The predicted octanol–water partition coefficient (Wildman–Crippen LogP) is 4.24. The van der Waals surface area contributed by atoms with Gasteiger partial charge in [-0.2, -0.15) is 0 Å². The van der Waals surface area contributed by atoms with Crippen LogP contribution in [0.4, 0.5) is 10.1 Å². The third kappa shape index (κ3) is 5.06. The molecule has 2 aromatic carbocycles. The summed E-state index contributed by atoms with van der Waals surface area (Å²) >= 11 is 0. The minimum atomic E-state index is -0.858. The average molecular weight is 416 g/mol. The Morgan fingerprint density at radius 1 is 1.13 bits per heavy atom. The van der Waals surface area contributed by atoms with E-state index >= 15 is 0 Å². The van der Waals surface area contributed by atoms with Gasteiger partial charge in [-0.3, -0.25) is 14.9 Å². The van der Waals surface area contributed by atoms with Crippen LogP contribution >= 0.6 is 0 Å². The van der Waals surface area contributed by atoms with E-state index in [2.05, 4.69) is 0 Å². The Bertz CT molecular complexity index is 903. The van der Waals surface area contributed by atoms with Crippen molar-refractivity contribution in [3.8, 4) is 11.5 Å². The van der Waals surface area contributed by atoms with E-state index in [9.17, 15) is 19.3 Å². The summed E-state index contributed by atoms with van der Waals surface area (Å²) in [6, 6.07) is 8.98. The van der Waals surface area contributed by atoms with Crippen LogP contribution in [0.15, 0.2) is 36.4 Å². The van der Waals surface area contributed by atoms with E-state index in [1.807, 2.05) is 18.2 Å². The monoisotopic (exact) mass is 416 g/mol. The smallest absolute Gasteiger partial charge is 0.272 e. The Labute approximate surface area is 174 Å². The van der Waals surface area contributed by atoms with Crippen molar-refractivity contribution in [2.45, 2.75) is 25.7 Å². The van der Waals surface area contributed by atoms with Gasteiger partial charge in [-0.1, -0.05) is 0 Å². The number of nitrogens with zero attached hydrogens (tertiary/aromatic N) is 2. The minimum absolute atomic E-state index is 0.123. The highest BCUT2D eigenvalue weighted by atomic mass is 19.1. The van der Waals surface area contributed by atoms with Crippen LogP contribution in [0.3, 0.4) is 0 Å². The zero-order valence-electron chi connectivity index (χ0n) is 17.1. The molecule has 0 spiro atoms. The minimum Gasteiger partial charge on any atom is -0.497 e. The number of hydrogen-bond acceptors (Lipinski definition) is 5. The number of non-ortho nitro benzene ring substituents is 1. The summed E-state index contributed by atoms with van der Waals surface area (Å²) in [5.74, 6) is 0.708. The molecule has 0 aliphatic carbocycles. The van der Waals surface area contributed by atoms with Crippen LogP contribution in [0.25, 0.3) is 0 Å². The number of nitro benzene ring substituents is 1. The van der Waals surface area contributed by atoms with Gasteiger partial charge in [-0.05, 0) is 55.4 Å². The van der Waals surface area contributed by atoms with Crippen LogP contribution < -0.4 is 9.47 Å². The molecule has 0 bridgehead atoms. The number of benzene rings is 2. The number of amides is 1. The first-order chi connectivity index (χ1) is 14.4. The van der Waals surface area contributed by atoms with Crippen molar-refractivity contribution in [2.75, 3.05) is 27.3 Å². The molecule has 1 amide bonds. The molecule has 0 aromatic heterocycles. The number of nitro groups is 1. The van der Waals surface area contributed by atoms with Crippen LogP contribution in [0.5, 0.6) is 11.5 Å². The predicted molar refractivity (Wildman–Crippen MR) is 110 cm³/mol. The highest BCUT2D eigenvalue weighted by Gasteiger charge is 2.26. The fourth-order valence-electron chi connectivity index (χ4n) is 3.77. The number of carbonyl (C=O) groups is 1. The number of halogens is 1. The molecule has 0 saturated carbocycles. The molecule has 1 fully saturated rings. The second-order valence-electron chi connectivity index (χ2n) is 7.42. The molecule has 1 heterocycles. The van der Waals surface area contributed by atoms with Gasteiger partial charge < -0.3 is 14.4 Å². The van der Waals surface area contributed by atoms with Crippen molar-refractivity contribution in [1.82, 2.24) is 4.90 Å². The van der Waals surface area contributed by atoms with E-state index in [4.69, 9.17) is 9.47 Å². The summed E-state index contributed by atoms with van der Waals surface area (Å²) in [7, 11) is 3.25. The van der Waals surface area contributed by atoms with Crippen LogP contribution in [-0.2, 0) is 6.42 Å². The Morgan fingerprint density at radius 3 is 2.30 bits per heavy atom. The van der Waals surface area contributed by atoms with E-state index < -0.39 is 16.6 Å². The maximum absolute atomic E-state index is 14.2. The van der Waals surface area contributed by atoms with Gasteiger partial charge in [0.1, 0.15) is 17.3 Å². The van der Waals surface area contributed by atoms with Crippen molar-refractivity contribution >= 4 is 11.6 Å². The largest absolute Gasteiger partial charge is 0.497 e. The normalized spacial score (nSPS) is 14.4. The number of aryl methyl sites for hydroxylation is 1. The van der Waals surface area contributed by atoms with Crippen LogP contribution in [0.2, 0.25) is 0 Å². The van der Waals surface area contributed by atoms with Crippen LogP contribution in [-0.4, -0.2) is 43.0 Å². The van der Waals surface area contributed by atoms with Gasteiger partial charge >= 0.3 is 0 Å². The third-order valence-electron chi connectivity index (χ3n) is 5.55. The van der Waals surface area contributed by atoms with Crippen LogP contribution in [0, 0.1) is 21.8 Å². The molecular formula is C22H25FN2O5. The van der Waals surface area contributed by atoms with Gasteiger partial charge in [0.25, 0.3) is 11.6 Å². The van der Waals surface area contributed by atoms with Crippen molar-refractivity contribution < 1.29 is 23.6 Å². The quantitative estimate of drug-likeness (QED) is 0.498. The highest BCUT2D eigenvalue weighted by Crippen LogP contribution is 2.28.